The number of hydrogen-bond acceptors (Lipinski definition) is 5. The Labute approximate surface area is 180 Å². The SMILES string of the molecule is CCCCCCCCCCCCC(C(=O)OCC(CC)CCCC)[S+]([O])(=O)ON. The number of esters is 1. The number of ether oxygens (including phenoxy) is 1. The molecule has 7 heteroatoms. The zero-order chi connectivity index (χ0) is 22.0. The zero-order valence-corrected chi connectivity index (χ0v) is 19.8. The van der Waals surface area contributed by atoms with Crippen LogP contribution in [0.25, 0.3) is 0 Å². The van der Waals surface area contributed by atoms with E-state index in [1.54, 1.807) is 0 Å². The molecule has 0 aliphatic carbocycles. The van der Waals surface area contributed by atoms with E-state index in [4.69, 9.17) is 10.6 Å². The van der Waals surface area contributed by atoms with Crippen LogP contribution in [-0.4, -0.2) is 17.8 Å². The molecule has 0 rings (SSSR count). The van der Waals surface area contributed by atoms with Gasteiger partial charge in [-0.25, -0.2) is 4.79 Å². The molecule has 2 N–H and O–H groups in total. The summed E-state index contributed by atoms with van der Waals surface area (Å²) in [4.78, 5) is 12.4. The molecule has 1 radical (unpaired) electrons. The summed E-state index contributed by atoms with van der Waals surface area (Å²) in [5.74, 6) is 4.44. The van der Waals surface area contributed by atoms with E-state index >= 15 is 0 Å². The van der Waals surface area contributed by atoms with Crippen molar-refractivity contribution >= 4 is 16.5 Å². The minimum atomic E-state index is -4.14. The molecule has 0 bridgehead atoms. The smallest absolute Gasteiger partial charge is 0.427 e. The maximum Gasteiger partial charge on any atom is 0.427 e. The third-order valence-corrected chi connectivity index (χ3v) is 6.96. The highest BCUT2D eigenvalue weighted by molar-refractivity contribution is 7.94. The first kappa shape index (κ1) is 28.5. The first-order valence-corrected chi connectivity index (χ1v) is 13.2. The number of carbonyl (C=O) groups excluding carboxylic acids is 1. The lowest BCUT2D eigenvalue weighted by molar-refractivity contribution is -0.145. The molecule has 0 fully saturated rings. The first-order chi connectivity index (χ1) is 13.9. The van der Waals surface area contributed by atoms with E-state index in [1.807, 2.05) is 0 Å². The van der Waals surface area contributed by atoms with Gasteiger partial charge in [-0.15, -0.1) is 0 Å². The van der Waals surface area contributed by atoms with Crippen LogP contribution in [0, 0.1) is 5.92 Å². The third kappa shape index (κ3) is 14.2. The summed E-state index contributed by atoms with van der Waals surface area (Å²) >= 11 is 0. The molecule has 0 spiro atoms. The highest BCUT2D eigenvalue weighted by Crippen LogP contribution is 2.21. The van der Waals surface area contributed by atoms with E-state index in [2.05, 4.69) is 25.1 Å². The molecule has 173 valence electrons. The van der Waals surface area contributed by atoms with Crippen molar-refractivity contribution in [2.45, 2.75) is 122 Å². The Kier molecular flexibility index (Phi) is 18.0. The normalized spacial score (nSPS) is 15.6. The van der Waals surface area contributed by atoms with Gasteiger partial charge in [-0.3, -0.25) is 0 Å². The summed E-state index contributed by atoms with van der Waals surface area (Å²) < 4.78 is 33.6. The van der Waals surface area contributed by atoms with Gasteiger partial charge in [0, 0.05) is 6.42 Å². The largest absolute Gasteiger partial charge is 0.462 e. The van der Waals surface area contributed by atoms with Crippen molar-refractivity contribution in [3.05, 3.63) is 0 Å². The van der Waals surface area contributed by atoms with Crippen LogP contribution < -0.4 is 5.90 Å². The van der Waals surface area contributed by atoms with E-state index in [9.17, 15) is 13.6 Å². The average Bonchev–Trinajstić information content (AvgIpc) is 2.71. The second kappa shape index (κ2) is 18.3. The van der Waals surface area contributed by atoms with Crippen LogP contribution in [0.4, 0.5) is 0 Å². The Morgan fingerprint density at radius 1 is 0.828 bits per heavy atom. The summed E-state index contributed by atoms with van der Waals surface area (Å²) in [6.07, 6.45) is 15.6. The molecular weight excluding hydrogens is 390 g/mol. The Balaban J connectivity index is 4.26. The van der Waals surface area contributed by atoms with Crippen molar-refractivity contribution < 1.29 is 22.6 Å². The Bertz CT molecular complexity index is 447. The zero-order valence-electron chi connectivity index (χ0n) is 19.0. The lowest BCUT2D eigenvalue weighted by Gasteiger charge is -2.16. The summed E-state index contributed by atoms with van der Waals surface area (Å²) in [6, 6.07) is 0. The Morgan fingerprint density at radius 3 is 1.83 bits per heavy atom. The van der Waals surface area contributed by atoms with Gasteiger partial charge in [-0.1, -0.05) is 97.8 Å². The van der Waals surface area contributed by atoms with Crippen molar-refractivity contribution in [1.29, 1.82) is 0 Å². The predicted molar refractivity (Wildman–Crippen MR) is 119 cm³/mol. The van der Waals surface area contributed by atoms with Gasteiger partial charge in [0.05, 0.1) is 11.2 Å². The number of rotatable bonds is 20. The highest BCUT2D eigenvalue weighted by atomic mass is 32.3. The van der Waals surface area contributed by atoms with E-state index < -0.39 is 21.7 Å². The van der Waals surface area contributed by atoms with Crippen LogP contribution >= 0.6 is 0 Å². The average molecular weight is 436 g/mol. The van der Waals surface area contributed by atoms with Gasteiger partial charge in [-0.05, 0) is 27.3 Å². The molecule has 0 aromatic heterocycles. The van der Waals surface area contributed by atoms with Crippen molar-refractivity contribution in [3.63, 3.8) is 0 Å². The quantitative estimate of drug-likeness (QED) is 0.108. The van der Waals surface area contributed by atoms with Gasteiger partial charge in [0.15, 0.2) is 0 Å². The molecule has 0 aromatic carbocycles. The molecule has 29 heavy (non-hydrogen) atoms. The minimum Gasteiger partial charge on any atom is -0.462 e. The summed E-state index contributed by atoms with van der Waals surface area (Å²) in [7, 11) is -4.14. The molecule has 0 saturated carbocycles. The lowest BCUT2D eigenvalue weighted by Crippen LogP contribution is -2.39. The molecule has 3 unspecified atom stereocenters. The van der Waals surface area contributed by atoms with Crippen LogP contribution in [0.5, 0.6) is 0 Å². The van der Waals surface area contributed by atoms with Crippen LogP contribution in [0.15, 0.2) is 0 Å². The summed E-state index contributed by atoms with van der Waals surface area (Å²) in [5, 5.41) is -1.33. The first-order valence-electron chi connectivity index (χ1n) is 11.7. The summed E-state index contributed by atoms with van der Waals surface area (Å²) in [6.45, 7) is 6.64. The van der Waals surface area contributed by atoms with Crippen molar-refractivity contribution in [3.8, 4) is 0 Å². The molecule has 0 aliphatic rings. The number of nitrogens with two attached hydrogens (primary N) is 1. The fourth-order valence-corrected chi connectivity index (χ4v) is 4.35. The second-order valence-electron chi connectivity index (χ2n) is 8.09. The predicted octanol–water partition coefficient (Wildman–Crippen LogP) is 6.08. The molecule has 0 amide bonds. The van der Waals surface area contributed by atoms with Crippen molar-refractivity contribution in [2.24, 2.45) is 11.8 Å². The maximum atomic E-state index is 12.4. The van der Waals surface area contributed by atoms with Crippen LogP contribution in [0.2, 0.25) is 0 Å². The van der Waals surface area contributed by atoms with E-state index in [0.717, 1.165) is 44.9 Å². The molecule has 0 heterocycles. The molecule has 3 atom stereocenters. The van der Waals surface area contributed by atoms with Crippen molar-refractivity contribution in [2.75, 3.05) is 6.61 Å². The minimum absolute atomic E-state index is 0.195. The van der Waals surface area contributed by atoms with Gasteiger partial charge in [0.1, 0.15) is 0 Å². The summed E-state index contributed by atoms with van der Waals surface area (Å²) in [5.41, 5.74) is 0. The van der Waals surface area contributed by atoms with Gasteiger partial charge >= 0.3 is 16.5 Å². The van der Waals surface area contributed by atoms with E-state index in [-0.39, 0.29) is 18.9 Å². The van der Waals surface area contributed by atoms with Crippen LogP contribution in [-0.2, 0) is 33.1 Å². The molecule has 0 aliphatic heterocycles. The molecule has 0 saturated heterocycles. The number of carbonyl (C=O) groups is 1. The standard InChI is InChI=1S/C22H45NO5S/c1-4-7-9-10-11-12-13-14-15-16-18-21(29(25,26)28-23)22(24)27-19-20(6-3)17-8-5-2/h20-21H,4-19,23H2,1-3H3/q+1. The fraction of sp³-hybridized carbons (Fsp3) is 0.955. The van der Waals surface area contributed by atoms with E-state index in [1.165, 1.54) is 38.5 Å². The van der Waals surface area contributed by atoms with Gasteiger partial charge < -0.3 is 4.74 Å². The lowest BCUT2D eigenvalue weighted by atomic mass is 10.0. The van der Waals surface area contributed by atoms with Crippen LogP contribution in [0.1, 0.15) is 117 Å². The van der Waals surface area contributed by atoms with Crippen molar-refractivity contribution in [1.82, 2.24) is 0 Å². The van der Waals surface area contributed by atoms with E-state index in [0.29, 0.717) is 6.42 Å². The fourth-order valence-electron chi connectivity index (χ4n) is 3.46. The van der Waals surface area contributed by atoms with Gasteiger partial charge in [0.2, 0.25) is 0 Å². The maximum absolute atomic E-state index is 12.4. The third-order valence-electron chi connectivity index (χ3n) is 5.57. The Morgan fingerprint density at radius 2 is 1.34 bits per heavy atom. The topological polar surface area (TPSA) is 98.5 Å². The Hall–Kier alpha value is -0.500. The molecule has 6 nitrogen and oxygen atoms in total. The molecule has 0 aromatic rings. The molecular formula is C22H45NO5S+. The van der Waals surface area contributed by atoms with Gasteiger partial charge in [-0.2, -0.15) is 5.90 Å². The highest BCUT2D eigenvalue weighted by Gasteiger charge is 2.49. The van der Waals surface area contributed by atoms with Crippen LogP contribution in [0.3, 0.4) is 0 Å². The second-order valence-corrected chi connectivity index (χ2v) is 9.84. The monoisotopic (exact) mass is 435 g/mol. The number of unbranched alkanes of at least 4 members (excludes halogenated alkanes) is 10. The number of hydrogen-bond donors (Lipinski definition) is 1. The van der Waals surface area contributed by atoms with Gasteiger partial charge in [0.25, 0.3) is 5.25 Å².